The van der Waals surface area contributed by atoms with Crippen molar-refractivity contribution in [1.29, 1.82) is 0 Å². The van der Waals surface area contributed by atoms with E-state index in [0.717, 1.165) is 27.0 Å². The number of rotatable bonds is 12. The average molecular weight is 571 g/mol. The van der Waals surface area contributed by atoms with Gasteiger partial charge in [-0.25, -0.2) is 8.42 Å². The number of amides is 2. The molecule has 0 bridgehead atoms. The van der Waals surface area contributed by atoms with Crippen LogP contribution in [0.25, 0.3) is 0 Å². The first-order chi connectivity index (χ1) is 16.5. The highest BCUT2D eigenvalue weighted by Gasteiger charge is 2.30. The molecular formula is C24H32BrN3O6S. The first kappa shape index (κ1) is 28.4. The Labute approximate surface area is 215 Å². The molecule has 2 aromatic rings. The lowest BCUT2D eigenvalue weighted by molar-refractivity contribution is -0.139. The molecule has 0 unspecified atom stereocenters. The molecule has 192 valence electrons. The second-order valence-corrected chi connectivity index (χ2v) is 10.7. The lowest BCUT2D eigenvalue weighted by atomic mass is 10.1. The van der Waals surface area contributed by atoms with Crippen molar-refractivity contribution in [3.63, 3.8) is 0 Å². The predicted molar refractivity (Wildman–Crippen MR) is 139 cm³/mol. The van der Waals surface area contributed by atoms with Crippen LogP contribution in [-0.2, 0) is 26.2 Å². The number of nitrogens with zero attached hydrogens (tertiary/aromatic N) is 2. The molecule has 0 aliphatic heterocycles. The summed E-state index contributed by atoms with van der Waals surface area (Å²) in [5.74, 6) is -0.0825. The lowest BCUT2D eigenvalue weighted by Gasteiger charge is -2.31. The fraction of sp³-hybridized carbons (Fsp3) is 0.417. The second-order valence-electron chi connectivity index (χ2n) is 7.92. The van der Waals surface area contributed by atoms with E-state index < -0.39 is 28.5 Å². The summed E-state index contributed by atoms with van der Waals surface area (Å²) >= 11 is 3.39. The van der Waals surface area contributed by atoms with Gasteiger partial charge in [-0.1, -0.05) is 35.0 Å². The number of anilines is 1. The zero-order valence-electron chi connectivity index (χ0n) is 20.6. The van der Waals surface area contributed by atoms with E-state index in [1.807, 2.05) is 31.2 Å². The molecule has 1 N–H and O–H groups in total. The number of ether oxygens (including phenoxy) is 2. The molecule has 1 atom stereocenters. The van der Waals surface area contributed by atoms with E-state index >= 15 is 0 Å². The molecule has 0 heterocycles. The van der Waals surface area contributed by atoms with Crippen LogP contribution in [0.15, 0.2) is 46.9 Å². The summed E-state index contributed by atoms with van der Waals surface area (Å²) in [6.07, 6.45) is 1.77. The smallest absolute Gasteiger partial charge is 0.244 e. The average Bonchev–Trinajstić information content (AvgIpc) is 2.83. The fourth-order valence-corrected chi connectivity index (χ4v) is 4.46. The minimum atomic E-state index is -3.85. The largest absolute Gasteiger partial charge is 0.493 e. The van der Waals surface area contributed by atoms with Crippen LogP contribution < -0.4 is 19.1 Å². The highest BCUT2D eigenvalue weighted by Crippen LogP contribution is 2.32. The Bertz CT molecular complexity index is 1120. The number of carbonyl (C=O) groups excluding carboxylic acids is 2. The molecule has 0 aliphatic rings. The van der Waals surface area contributed by atoms with E-state index in [9.17, 15) is 18.0 Å². The van der Waals surface area contributed by atoms with Crippen LogP contribution in [0.2, 0.25) is 0 Å². The molecule has 9 nitrogen and oxygen atoms in total. The van der Waals surface area contributed by atoms with Gasteiger partial charge in [0, 0.05) is 23.6 Å². The van der Waals surface area contributed by atoms with E-state index in [4.69, 9.17) is 9.47 Å². The van der Waals surface area contributed by atoms with Gasteiger partial charge in [0.2, 0.25) is 21.8 Å². The second kappa shape index (κ2) is 12.8. The molecule has 35 heavy (non-hydrogen) atoms. The van der Waals surface area contributed by atoms with E-state index in [1.54, 1.807) is 13.0 Å². The predicted octanol–water partition coefficient (Wildman–Crippen LogP) is 3.18. The minimum absolute atomic E-state index is 0.135. The van der Waals surface area contributed by atoms with Crippen LogP contribution in [-0.4, -0.2) is 64.7 Å². The Morgan fingerprint density at radius 1 is 1.06 bits per heavy atom. The van der Waals surface area contributed by atoms with Crippen LogP contribution in [0.1, 0.15) is 25.8 Å². The molecule has 2 aromatic carbocycles. The van der Waals surface area contributed by atoms with Crippen molar-refractivity contribution in [1.82, 2.24) is 10.2 Å². The Balaban J connectivity index is 2.41. The maximum atomic E-state index is 13.5. The molecule has 0 spiro atoms. The van der Waals surface area contributed by atoms with Gasteiger partial charge in [-0.2, -0.15) is 0 Å². The molecule has 2 rings (SSSR count). The number of hydrogen-bond donors (Lipinski definition) is 1. The number of nitrogens with one attached hydrogen (secondary N) is 1. The Morgan fingerprint density at radius 2 is 1.69 bits per heavy atom. The first-order valence-corrected chi connectivity index (χ1v) is 13.7. The van der Waals surface area contributed by atoms with Crippen molar-refractivity contribution in [2.24, 2.45) is 0 Å². The molecule has 0 saturated heterocycles. The van der Waals surface area contributed by atoms with Crippen molar-refractivity contribution in [3.05, 3.63) is 52.5 Å². The number of halogens is 1. The van der Waals surface area contributed by atoms with Crippen molar-refractivity contribution in [2.75, 3.05) is 37.9 Å². The highest BCUT2D eigenvalue weighted by molar-refractivity contribution is 9.10. The van der Waals surface area contributed by atoms with Crippen molar-refractivity contribution >= 4 is 43.5 Å². The molecule has 0 fully saturated rings. The number of sulfonamides is 1. The van der Waals surface area contributed by atoms with Crippen molar-refractivity contribution in [2.45, 2.75) is 32.9 Å². The van der Waals surface area contributed by atoms with Gasteiger partial charge in [0.05, 0.1) is 26.2 Å². The normalized spacial score (nSPS) is 11.9. The third-order valence-corrected chi connectivity index (χ3v) is 6.99. The van der Waals surface area contributed by atoms with Gasteiger partial charge in [-0.3, -0.25) is 13.9 Å². The van der Waals surface area contributed by atoms with Crippen LogP contribution in [0.4, 0.5) is 5.69 Å². The SMILES string of the molecule is CCCNC(=O)[C@H](C)N(Cc1ccc(Br)cc1)C(=O)CN(c1ccc(OC)c(OC)c1)S(C)(=O)=O. The minimum Gasteiger partial charge on any atom is -0.493 e. The van der Waals surface area contributed by atoms with Gasteiger partial charge in [0.1, 0.15) is 12.6 Å². The number of hydrogen-bond acceptors (Lipinski definition) is 6. The summed E-state index contributed by atoms with van der Waals surface area (Å²) in [6, 6.07) is 11.1. The summed E-state index contributed by atoms with van der Waals surface area (Å²) in [5.41, 5.74) is 1.04. The molecule has 0 aliphatic carbocycles. The lowest BCUT2D eigenvalue weighted by Crippen LogP contribution is -2.51. The Hall–Kier alpha value is -2.79. The number of carbonyl (C=O) groups is 2. The zero-order valence-corrected chi connectivity index (χ0v) is 23.0. The third kappa shape index (κ3) is 7.86. The van der Waals surface area contributed by atoms with E-state index in [0.29, 0.717) is 18.0 Å². The summed E-state index contributed by atoms with van der Waals surface area (Å²) in [7, 11) is -0.936. The topological polar surface area (TPSA) is 105 Å². The molecule has 0 aromatic heterocycles. The van der Waals surface area contributed by atoms with Crippen LogP contribution in [0.5, 0.6) is 11.5 Å². The van der Waals surface area contributed by atoms with Gasteiger partial charge < -0.3 is 19.7 Å². The molecule has 11 heteroatoms. The molecule has 0 radical (unpaired) electrons. The monoisotopic (exact) mass is 569 g/mol. The summed E-state index contributed by atoms with van der Waals surface area (Å²) in [5, 5.41) is 2.80. The van der Waals surface area contributed by atoms with Gasteiger partial charge in [0.15, 0.2) is 11.5 Å². The first-order valence-electron chi connectivity index (χ1n) is 11.0. The van der Waals surface area contributed by atoms with Crippen molar-refractivity contribution < 1.29 is 27.5 Å². The maximum Gasteiger partial charge on any atom is 0.244 e. The molecule has 2 amide bonds. The summed E-state index contributed by atoms with van der Waals surface area (Å²) in [4.78, 5) is 27.6. The summed E-state index contributed by atoms with van der Waals surface area (Å²) < 4.78 is 37.7. The van der Waals surface area contributed by atoms with Crippen molar-refractivity contribution in [3.8, 4) is 11.5 Å². The van der Waals surface area contributed by atoms with Gasteiger partial charge in [0.25, 0.3) is 0 Å². The zero-order chi connectivity index (χ0) is 26.2. The number of benzene rings is 2. The Kier molecular flexibility index (Phi) is 10.4. The van der Waals surface area contributed by atoms with Gasteiger partial charge in [-0.15, -0.1) is 0 Å². The molecule has 0 saturated carbocycles. The van der Waals surface area contributed by atoms with Crippen LogP contribution in [0, 0.1) is 0 Å². The quantitative estimate of drug-likeness (QED) is 0.421. The maximum absolute atomic E-state index is 13.5. The summed E-state index contributed by atoms with van der Waals surface area (Å²) in [6.45, 7) is 3.68. The van der Waals surface area contributed by atoms with Gasteiger partial charge >= 0.3 is 0 Å². The third-order valence-electron chi connectivity index (χ3n) is 5.32. The standard InChI is InChI=1S/C24H32BrN3O6S/c1-6-13-26-24(30)17(2)27(15-18-7-9-19(25)10-8-18)23(29)16-28(35(5,31)32)20-11-12-21(33-3)22(14-20)34-4/h7-12,14,17H,6,13,15-16H2,1-5H3,(H,26,30)/t17-/m0/s1. The van der Waals surface area contributed by atoms with E-state index in [1.165, 1.54) is 31.3 Å². The number of methoxy groups -OCH3 is 2. The fourth-order valence-electron chi connectivity index (χ4n) is 3.36. The highest BCUT2D eigenvalue weighted by atomic mass is 79.9. The van der Waals surface area contributed by atoms with E-state index in [2.05, 4.69) is 21.2 Å². The molecular weight excluding hydrogens is 538 g/mol. The van der Waals surface area contributed by atoms with Crippen LogP contribution in [0.3, 0.4) is 0 Å². The Morgan fingerprint density at radius 3 is 2.23 bits per heavy atom. The van der Waals surface area contributed by atoms with Crippen LogP contribution >= 0.6 is 15.9 Å². The van der Waals surface area contributed by atoms with E-state index in [-0.39, 0.29) is 18.1 Å². The van der Waals surface area contributed by atoms with Gasteiger partial charge in [-0.05, 0) is 43.2 Å².